The van der Waals surface area contributed by atoms with Gasteiger partial charge in [-0.2, -0.15) is 0 Å². The van der Waals surface area contributed by atoms with E-state index < -0.39 is 6.17 Å². The number of fused-ring (bicyclic) bond motifs is 1. The van der Waals surface area contributed by atoms with Crippen molar-refractivity contribution in [2.75, 3.05) is 5.32 Å². The first kappa shape index (κ1) is 9.50. The van der Waals surface area contributed by atoms with Gasteiger partial charge in [-0.15, -0.1) is 0 Å². The lowest BCUT2D eigenvalue weighted by Crippen LogP contribution is -2.25. The Kier molecular flexibility index (Phi) is 2.44. The summed E-state index contributed by atoms with van der Waals surface area (Å²) in [5, 5.41) is 3.28. The first-order valence-electron chi connectivity index (χ1n) is 5.23. The van der Waals surface area contributed by atoms with Crippen LogP contribution in [0.15, 0.2) is 18.2 Å². The normalized spacial score (nSPS) is 21.5. The first-order chi connectivity index (χ1) is 6.72. The Labute approximate surface area is 84.3 Å². The van der Waals surface area contributed by atoms with Crippen molar-refractivity contribution in [3.8, 4) is 0 Å². The SMILES string of the molecule is CCc1cccc2c1NC(C(C)F)C2. The van der Waals surface area contributed by atoms with Gasteiger partial charge in [0.2, 0.25) is 0 Å². The van der Waals surface area contributed by atoms with E-state index in [2.05, 4.69) is 30.4 Å². The lowest BCUT2D eigenvalue weighted by Gasteiger charge is -2.13. The summed E-state index contributed by atoms with van der Waals surface area (Å²) < 4.78 is 13.1. The quantitative estimate of drug-likeness (QED) is 0.761. The average molecular weight is 193 g/mol. The van der Waals surface area contributed by atoms with Gasteiger partial charge in [-0.05, 0) is 30.9 Å². The summed E-state index contributed by atoms with van der Waals surface area (Å²) in [5.41, 5.74) is 3.73. The van der Waals surface area contributed by atoms with Crippen molar-refractivity contribution in [3.05, 3.63) is 29.3 Å². The van der Waals surface area contributed by atoms with Crippen molar-refractivity contribution in [1.29, 1.82) is 0 Å². The van der Waals surface area contributed by atoms with Gasteiger partial charge in [0.1, 0.15) is 6.17 Å². The molecule has 1 aliphatic heterocycles. The Morgan fingerprint density at radius 2 is 2.36 bits per heavy atom. The highest BCUT2D eigenvalue weighted by molar-refractivity contribution is 5.62. The van der Waals surface area contributed by atoms with E-state index in [0.29, 0.717) is 0 Å². The maximum Gasteiger partial charge on any atom is 0.118 e. The molecule has 0 spiro atoms. The maximum atomic E-state index is 13.1. The first-order valence-corrected chi connectivity index (χ1v) is 5.23. The Morgan fingerprint density at radius 3 is 3.00 bits per heavy atom. The standard InChI is InChI=1S/C12H16FN/c1-3-9-5-4-6-10-7-11(8(2)13)14-12(9)10/h4-6,8,11,14H,3,7H2,1-2H3. The monoisotopic (exact) mass is 193 g/mol. The smallest absolute Gasteiger partial charge is 0.118 e. The van der Waals surface area contributed by atoms with Crippen LogP contribution in [0.25, 0.3) is 0 Å². The molecule has 1 aromatic carbocycles. The lowest BCUT2D eigenvalue weighted by molar-refractivity contribution is 0.322. The molecule has 76 valence electrons. The summed E-state index contributed by atoms with van der Waals surface area (Å²) in [6, 6.07) is 6.23. The van der Waals surface area contributed by atoms with Crippen LogP contribution in [-0.2, 0) is 12.8 Å². The summed E-state index contributed by atoms with van der Waals surface area (Å²) in [6.07, 6.45) is 1.04. The minimum atomic E-state index is -0.785. The molecule has 14 heavy (non-hydrogen) atoms. The number of benzene rings is 1. The second-order valence-corrected chi connectivity index (χ2v) is 3.94. The largest absolute Gasteiger partial charge is 0.379 e. The molecule has 2 atom stereocenters. The Morgan fingerprint density at radius 1 is 1.57 bits per heavy atom. The number of rotatable bonds is 2. The van der Waals surface area contributed by atoms with Gasteiger partial charge in [0.15, 0.2) is 0 Å². The van der Waals surface area contributed by atoms with Crippen LogP contribution in [0.4, 0.5) is 10.1 Å². The second-order valence-electron chi connectivity index (χ2n) is 3.94. The van der Waals surface area contributed by atoms with Crippen LogP contribution >= 0.6 is 0 Å². The predicted octanol–water partition coefficient (Wildman–Crippen LogP) is 2.94. The molecule has 0 bridgehead atoms. The Hall–Kier alpha value is -1.05. The molecule has 0 fully saturated rings. The topological polar surface area (TPSA) is 12.0 Å². The van der Waals surface area contributed by atoms with E-state index in [1.54, 1.807) is 6.92 Å². The van der Waals surface area contributed by atoms with Crippen molar-refractivity contribution >= 4 is 5.69 Å². The number of nitrogens with one attached hydrogen (secondary N) is 1. The fourth-order valence-corrected chi connectivity index (χ4v) is 2.05. The molecular formula is C12H16FN. The highest BCUT2D eigenvalue weighted by Gasteiger charge is 2.26. The van der Waals surface area contributed by atoms with Crippen LogP contribution in [-0.4, -0.2) is 12.2 Å². The van der Waals surface area contributed by atoms with Crippen LogP contribution in [0.1, 0.15) is 25.0 Å². The molecule has 0 amide bonds. The third kappa shape index (κ3) is 1.49. The zero-order valence-corrected chi connectivity index (χ0v) is 8.68. The van der Waals surface area contributed by atoms with Gasteiger partial charge in [-0.25, -0.2) is 4.39 Å². The second kappa shape index (κ2) is 3.60. The summed E-state index contributed by atoms with van der Waals surface area (Å²) in [4.78, 5) is 0. The summed E-state index contributed by atoms with van der Waals surface area (Å²) in [5.74, 6) is 0. The fraction of sp³-hybridized carbons (Fsp3) is 0.500. The van der Waals surface area contributed by atoms with Crippen molar-refractivity contribution in [1.82, 2.24) is 0 Å². The van der Waals surface area contributed by atoms with Crippen LogP contribution in [0.2, 0.25) is 0 Å². The molecule has 0 saturated carbocycles. The molecule has 2 heteroatoms. The Bertz CT molecular complexity index is 333. The molecule has 1 aromatic rings. The van der Waals surface area contributed by atoms with E-state index in [-0.39, 0.29) is 6.04 Å². The van der Waals surface area contributed by atoms with Crippen LogP contribution in [0, 0.1) is 0 Å². The maximum absolute atomic E-state index is 13.1. The molecule has 0 radical (unpaired) electrons. The number of aryl methyl sites for hydroxylation is 1. The van der Waals surface area contributed by atoms with Gasteiger partial charge in [0.05, 0.1) is 6.04 Å². The van der Waals surface area contributed by atoms with Crippen molar-refractivity contribution in [2.45, 2.75) is 38.9 Å². The average Bonchev–Trinajstić information content (AvgIpc) is 2.60. The zero-order chi connectivity index (χ0) is 10.1. The zero-order valence-electron chi connectivity index (χ0n) is 8.68. The number of anilines is 1. The van der Waals surface area contributed by atoms with E-state index in [0.717, 1.165) is 12.8 Å². The van der Waals surface area contributed by atoms with Gasteiger partial charge in [0.25, 0.3) is 0 Å². The minimum Gasteiger partial charge on any atom is -0.379 e. The number of hydrogen-bond donors (Lipinski definition) is 1. The van der Waals surface area contributed by atoms with Crippen molar-refractivity contribution < 1.29 is 4.39 Å². The highest BCUT2D eigenvalue weighted by atomic mass is 19.1. The predicted molar refractivity (Wildman–Crippen MR) is 57.5 cm³/mol. The molecule has 0 aromatic heterocycles. The molecule has 1 aliphatic rings. The van der Waals surface area contributed by atoms with Gasteiger partial charge < -0.3 is 5.32 Å². The van der Waals surface area contributed by atoms with Crippen LogP contribution in [0.5, 0.6) is 0 Å². The van der Waals surface area contributed by atoms with Gasteiger partial charge in [-0.1, -0.05) is 25.1 Å². The molecule has 2 rings (SSSR count). The number of alkyl halides is 1. The fourth-order valence-electron chi connectivity index (χ4n) is 2.05. The molecular weight excluding hydrogens is 177 g/mol. The van der Waals surface area contributed by atoms with Crippen LogP contribution < -0.4 is 5.32 Å². The van der Waals surface area contributed by atoms with Gasteiger partial charge in [-0.3, -0.25) is 0 Å². The van der Waals surface area contributed by atoms with E-state index in [1.807, 2.05) is 0 Å². The molecule has 2 unspecified atom stereocenters. The van der Waals surface area contributed by atoms with E-state index in [9.17, 15) is 4.39 Å². The van der Waals surface area contributed by atoms with Gasteiger partial charge >= 0.3 is 0 Å². The third-order valence-electron chi connectivity index (χ3n) is 2.94. The summed E-state index contributed by atoms with van der Waals surface area (Å²) in [6.45, 7) is 3.75. The van der Waals surface area contributed by atoms with E-state index in [1.165, 1.54) is 16.8 Å². The number of para-hydroxylation sites is 1. The summed E-state index contributed by atoms with van der Waals surface area (Å²) >= 11 is 0. The molecule has 1 nitrogen and oxygen atoms in total. The molecule has 0 saturated heterocycles. The van der Waals surface area contributed by atoms with Crippen molar-refractivity contribution in [3.63, 3.8) is 0 Å². The highest BCUT2D eigenvalue weighted by Crippen LogP contribution is 2.31. The van der Waals surface area contributed by atoms with Gasteiger partial charge in [0, 0.05) is 5.69 Å². The number of hydrogen-bond acceptors (Lipinski definition) is 1. The lowest BCUT2D eigenvalue weighted by atomic mass is 10.0. The number of halogens is 1. The van der Waals surface area contributed by atoms with E-state index >= 15 is 0 Å². The molecule has 0 aliphatic carbocycles. The minimum absolute atomic E-state index is 0.0299. The molecule has 1 heterocycles. The molecule has 1 N–H and O–H groups in total. The summed E-state index contributed by atoms with van der Waals surface area (Å²) in [7, 11) is 0. The van der Waals surface area contributed by atoms with E-state index in [4.69, 9.17) is 0 Å². The third-order valence-corrected chi connectivity index (χ3v) is 2.94. The van der Waals surface area contributed by atoms with Crippen molar-refractivity contribution in [2.24, 2.45) is 0 Å². The Balaban J connectivity index is 2.30. The van der Waals surface area contributed by atoms with Crippen LogP contribution in [0.3, 0.4) is 0 Å².